The Hall–Kier alpha value is -2.18. The molecule has 0 aliphatic carbocycles. The molecule has 1 aromatic heterocycles. The molecule has 7 nitrogen and oxygen atoms in total. The molecule has 1 aromatic rings. The van der Waals surface area contributed by atoms with Crippen LogP contribution < -0.4 is 5.56 Å². The zero-order valence-electron chi connectivity index (χ0n) is 12.1. The van der Waals surface area contributed by atoms with E-state index >= 15 is 0 Å². The van der Waals surface area contributed by atoms with Crippen molar-refractivity contribution in [3.63, 3.8) is 0 Å². The molecule has 1 amide bonds. The van der Waals surface area contributed by atoms with Crippen molar-refractivity contribution in [2.75, 3.05) is 13.1 Å². The van der Waals surface area contributed by atoms with Gasteiger partial charge >= 0.3 is 11.2 Å². The maximum atomic E-state index is 12.3. The lowest BCUT2D eigenvalue weighted by Gasteiger charge is -2.21. The highest BCUT2D eigenvalue weighted by molar-refractivity contribution is 5.76. The molecule has 2 heterocycles. The first-order valence-corrected chi connectivity index (χ1v) is 7.13. The SMILES string of the molecule is Cc1ccc([N+](=O)[O-])c(=O)n1CC(=O)N1CCCCCC1. The maximum Gasteiger partial charge on any atom is 0.334 e. The van der Waals surface area contributed by atoms with Gasteiger partial charge in [-0.15, -0.1) is 0 Å². The molecular formula is C14H19N3O4. The third kappa shape index (κ3) is 3.48. The van der Waals surface area contributed by atoms with E-state index < -0.39 is 16.2 Å². The second-order valence-electron chi connectivity index (χ2n) is 5.30. The van der Waals surface area contributed by atoms with Gasteiger partial charge in [-0.2, -0.15) is 0 Å². The number of hydrogen-bond donors (Lipinski definition) is 0. The number of aryl methyl sites for hydroxylation is 1. The molecule has 21 heavy (non-hydrogen) atoms. The molecule has 0 unspecified atom stereocenters. The molecule has 0 aromatic carbocycles. The fourth-order valence-corrected chi connectivity index (χ4v) is 2.55. The summed E-state index contributed by atoms with van der Waals surface area (Å²) in [7, 11) is 0. The number of aromatic nitrogens is 1. The lowest BCUT2D eigenvalue weighted by molar-refractivity contribution is -0.386. The third-order valence-corrected chi connectivity index (χ3v) is 3.82. The van der Waals surface area contributed by atoms with E-state index in [2.05, 4.69) is 0 Å². The number of carbonyl (C=O) groups is 1. The average Bonchev–Trinajstić information content (AvgIpc) is 2.71. The lowest BCUT2D eigenvalue weighted by Crippen LogP contribution is -2.38. The average molecular weight is 293 g/mol. The van der Waals surface area contributed by atoms with Crippen LogP contribution in [0.4, 0.5) is 5.69 Å². The number of carbonyl (C=O) groups excluding carboxylic acids is 1. The number of rotatable bonds is 3. The Balaban J connectivity index is 2.22. The molecule has 0 saturated carbocycles. The van der Waals surface area contributed by atoms with Crippen molar-refractivity contribution >= 4 is 11.6 Å². The van der Waals surface area contributed by atoms with Crippen molar-refractivity contribution in [1.82, 2.24) is 9.47 Å². The van der Waals surface area contributed by atoms with Crippen LogP contribution in [0, 0.1) is 17.0 Å². The van der Waals surface area contributed by atoms with Crippen molar-refractivity contribution in [3.8, 4) is 0 Å². The number of amides is 1. The Kier molecular flexibility index (Phi) is 4.72. The van der Waals surface area contributed by atoms with E-state index in [-0.39, 0.29) is 12.5 Å². The lowest BCUT2D eigenvalue weighted by atomic mass is 10.2. The third-order valence-electron chi connectivity index (χ3n) is 3.82. The summed E-state index contributed by atoms with van der Waals surface area (Å²) in [4.78, 5) is 36.2. The topological polar surface area (TPSA) is 85.5 Å². The number of nitro groups is 1. The summed E-state index contributed by atoms with van der Waals surface area (Å²) in [6, 6.07) is 2.68. The van der Waals surface area contributed by atoms with Gasteiger partial charge in [0.05, 0.1) is 4.92 Å². The smallest absolute Gasteiger partial charge is 0.334 e. The number of pyridine rings is 1. The maximum absolute atomic E-state index is 12.3. The van der Waals surface area contributed by atoms with Crippen LogP contribution in [-0.2, 0) is 11.3 Å². The second kappa shape index (κ2) is 6.51. The molecule has 7 heteroatoms. The summed E-state index contributed by atoms with van der Waals surface area (Å²) in [6.07, 6.45) is 4.16. The Labute approximate surface area is 122 Å². The first-order valence-electron chi connectivity index (χ1n) is 7.13. The van der Waals surface area contributed by atoms with Crippen molar-refractivity contribution < 1.29 is 9.72 Å². The van der Waals surface area contributed by atoms with Crippen LogP contribution in [0.15, 0.2) is 16.9 Å². The van der Waals surface area contributed by atoms with E-state index in [4.69, 9.17) is 0 Å². The fraction of sp³-hybridized carbons (Fsp3) is 0.571. The summed E-state index contributed by atoms with van der Waals surface area (Å²) >= 11 is 0. The summed E-state index contributed by atoms with van der Waals surface area (Å²) in [5.74, 6) is -0.150. The van der Waals surface area contributed by atoms with Gasteiger partial charge in [0.2, 0.25) is 5.91 Å². The van der Waals surface area contributed by atoms with Crippen LogP contribution in [0.25, 0.3) is 0 Å². The molecule has 0 radical (unpaired) electrons. The largest absolute Gasteiger partial charge is 0.341 e. The Morgan fingerprint density at radius 1 is 1.24 bits per heavy atom. The predicted octanol–water partition coefficient (Wildman–Crippen LogP) is 1.47. The molecule has 0 N–H and O–H groups in total. The highest BCUT2D eigenvalue weighted by atomic mass is 16.6. The van der Waals surface area contributed by atoms with Gasteiger partial charge in [0.1, 0.15) is 6.54 Å². The quantitative estimate of drug-likeness (QED) is 0.624. The molecule has 1 saturated heterocycles. The molecule has 1 aliphatic heterocycles. The molecule has 0 bridgehead atoms. The zero-order chi connectivity index (χ0) is 15.4. The van der Waals surface area contributed by atoms with Crippen LogP contribution in [-0.4, -0.2) is 33.4 Å². The number of nitrogens with zero attached hydrogens (tertiary/aromatic N) is 3. The molecule has 2 rings (SSSR count). The van der Waals surface area contributed by atoms with Gasteiger partial charge < -0.3 is 4.90 Å². The summed E-state index contributed by atoms with van der Waals surface area (Å²) in [6.45, 7) is 2.93. The van der Waals surface area contributed by atoms with Gasteiger partial charge in [-0.25, -0.2) is 0 Å². The van der Waals surface area contributed by atoms with Crippen molar-refractivity contribution in [3.05, 3.63) is 38.3 Å². The van der Waals surface area contributed by atoms with Crippen molar-refractivity contribution in [1.29, 1.82) is 0 Å². The Morgan fingerprint density at radius 3 is 2.43 bits per heavy atom. The molecule has 1 aliphatic rings. The van der Waals surface area contributed by atoms with Crippen LogP contribution in [0.2, 0.25) is 0 Å². The monoisotopic (exact) mass is 293 g/mol. The minimum atomic E-state index is -0.719. The van der Waals surface area contributed by atoms with Crippen LogP contribution in [0.3, 0.4) is 0 Å². The Bertz CT molecular complexity index is 601. The van der Waals surface area contributed by atoms with Gasteiger partial charge in [0.25, 0.3) is 0 Å². The van der Waals surface area contributed by atoms with Crippen molar-refractivity contribution in [2.45, 2.75) is 39.2 Å². The van der Waals surface area contributed by atoms with Gasteiger partial charge in [0.15, 0.2) is 0 Å². The minimum Gasteiger partial charge on any atom is -0.341 e. The summed E-state index contributed by atoms with van der Waals surface area (Å²) < 4.78 is 1.19. The van der Waals surface area contributed by atoms with E-state index in [0.29, 0.717) is 18.8 Å². The van der Waals surface area contributed by atoms with Crippen LogP contribution >= 0.6 is 0 Å². The summed E-state index contributed by atoms with van der Waals surface area (Å²) in [5, 5.41) is 10.8. The first-order chi connectivity index (χ1) is 10.0. The van der Waals surface area contributed by atoms with E-state index in [1.807, 2.05) is 0 Å². The predicted molar refractivity (Wildman–Crippen MR) is 77.1 cm³/mol. The standard InChI is InChI=1S/C14H19N3O4/c1-11-6-7-12(17(20)21)14(19)16(11)10-13(18)15-8-4-2-3-5-9-15/h6-7H,2-5,8-10H2,1H3. The van der Waals surface area contributed by atoms with Gasteiger partial charge in [-0.3, -0.25) is 24.3 Å². The molecule has 0 spiro atoms. The first kappa shape index (κ1) is 15.2. The Morgan fingerprint density at radius 2 is 1.86 bits per heavy atom. The molecule has 114 valence electrons. The zero-order valence-corrected chi connectivity index (χ0v) is 12.1. The minimum absolute atomic E-state index is 0.133. The number of likely N-dealkylation sites (tertiary alicyclic amines) is 1. The van der Waals surface area contributed by atoms with E-state index in [1.165, 1.54) is 16.7 Å². The molecular weight excluding hydrogens is 274 g/mol. The van der Waals surface area contributed by atoms with Crippen LogP contribution in [0.1, 0.15) is 31.4 Å². The van der Waals surface area contributed by atoms with E-state index in [0.717, 1.165) is 25.7 Å². The highest BCUT2D eigenvalue weighted by Crippen LogP contribution is 2.11. The summed E-state index contributed by atoms with van der Waals surface area (Å²) in [5.41, 5.74) is -0.666. The number of hydrogen-bond acceptors (Lipinski definition) is 4. The van der Waals surface area contributed by atoms with Gasteiger partial charge in [-0.1, -0.05) is 12.8 Å². The van der Waals surface area contributed by atoms with E-state index in [1.54, 1.807) is 11.8 Å². The van der Waals surface area contributed by atoms with E-state index in [9.17, 15) is 19.7 Å². The fourth-order valence-electron chi connectivity index (χ4n) is 2.55. The normalized spacial score (nSPS) is 15.6. The van der Waals surface area contributed by atoms with Gasteiger partial charge in [0, 0.05) is 24.8 Å². The van der Waals surface area contributed by atoms with Crippen LogP contribution in [0.5, 0.6) is 0 Å². The second-order valence-corrected chi connectivity index (χ2v) is 5.30. The molecule has 1 fully saturated rings. The highest BCUT2D eigenvalue weighted by Gasteiger charge is 2.20. The van der Waals surface area contributed by atoms with Crippen molar-refractivity contribution in [2.24, 2.45) is 0 Å². The van der Waals surface area contributed by atoms with Gasteiger partial charge in [-0.05, 0) is 25.8 Å². The molecule has 0 atom stereocenters.